The van der Waals surface area contributed by atoms with Gasteiger partial charge in [-0.2, -0.15) is 0 Å². The summed E-state index contributed by atoms with van der Waals surface area (Å²) in [5.41, 5.74) is -0.866. The van der Waals surface area contributed by atoms with Crippen molar-refractivity contribution in [1.82, 2.24) is 4.90 Å². The molecule has 0 heterocycles. The van der Waals surface area contributed by atoms with Gasteiger partial charge in [-0.15, -0.1) is 0 Å². The average molecular weight is 282 g/mol. The molecule has 1 aromatic rings. The maximum absolute atomic E-state index is 11.0. The number of para-hydroxylation sites is 1. The normalized spacial score (nSPS) is 10.6. The van der Waals surface area contributed by atoms with Gasteiger partial charge in [0.2, 0.25) is 0 Å². The van der Waals surface area contributed by atoms with Crippen LogP contribution in [0, 0.1) is 10.1 Å². The zero-order chi connectivity index (χ0) is 15.1. The van der Waals surface area contributed by atoms with Crippen LogP contribution < -0.4 is 4.74 Å². The molecule has 0 aliphatic rings. The summed E-state index contributed by atoms with van der Waals surface area (Å²) in [5.74, 6) is -1.35. The van der Waals surface area contributed by atoms with Gasteiger partial charge in [0.25, 0.3) is 0 Å². The first-order chi connectivity index (χ1) is 9.51. The summed E-state index contributed by atoms with van der Waals surface area (Å²) in [7, 11) is 0. The molecular weight excluding hydrogens is 264 g/mol. The molecule has 0 bridgehead atoms. The van der Waals surface area contributed by atoms with Crippen LogP contribution in [0.15, 0.2) is 18.2 Å². The van der Waals surface area contributed by atoms with E-state index in [1.54, 1.807) is 0 Å². The number of likely N-dealkylation sites (N-methyl/N-ethyl adjacent to an activating group) is 1. The van der Waals surface area contributed by atoms with Crippen LogP contribution in [0.25, 0.3) is 0 Å². The van der Waals surface area contributed by atoms with Crippen molar-refractivity contribution in [3.05, 3.63) is 33.9 Å². The number of aromatic carboxylic acids is 1. The average Bonchev–Trinajstić information content (AvgIpc) is 2.43. The molecule has 0 aliphatic heterocycles. The van der Waals surface area contributed by atoms with Crippen molar-refractivity contribution >= 4 is 11.7 Å². The van der Waals surface area contributed by atoms with Gasteiger partial charge in [0.05, 0.1) is 4.92 Å². The molecule has 0 saturated carbocycles. The van der Waals surface area contributed by atoms with Crippen molar-refractivity contribution in [2.24, 2.45) is 0 Å². The number of nitrogens with zero attached hydrogens (tertiary/aromatic N) is 2. The highest BCUT2D eigenvalue weighted by atomic mass is 16.6. The van der Waals surface area contributed by atoms with E-state index in [9.17, 15) is 14.9 Å². The molecule has 0 radical (unpaired) electrons. The molecule has 0 aromatic heterocycles. The fourth-order valence-electron chi connectivity index (χ4n) is 1.82. The molecule has 7 nitrogen and oxygen atoms in total. The zero-order valence-corrected chi connectivity index (χ0v) is 11.5. The number of hydrogen-bond acceptors (Lipinski definition) is 5. The summed E-state index contributed by atoms with van der Waals surface area (Å²) < 4.78 is 5.38. The first kappa shape index (κ1) is 15.9. The molecule has 20 heavy (non-hydrogen) atoms. The molecule has 0 aliphatic carbocycles. The van der Waals surface area contributed by atoms with Crippen molar-refractivity contribution < 1.29 is 19.6 Å². The monoisotopic (exact) mass is 282 g/mol. The lowest BCUT2D eigenvalue weighted by atomic mass is 10.1. The van der Waals surface area contributed by atoms with Gasteiger partial charge in [-0.25, -0.2) is 4.79 Å². The summed E-state index contributed by atoms with van der Waals surface area (Å²) in [6.45, 7) is 6.63. The van der Waals surface area contributed by atoms with Gasteiger partial charge >= 0.3 is 11.7 Å². The lowest BCUT2D eigenvalue weighted by Crippen LogP contribution is -2.28. The summed E-state index contributed by atoms with van der Waals surface area (Å²) in [5, 5.41) is 20.0. The number of benzene rings is 1. The standard InChI is InChI=1S/C13H18N2O5/c1-3-14(4-2)8-9-20-11-7-5-6-10(13(16)17)12(11)15(18)19/h5-7H,3-4,8-9H2,1-2H3,(H,16,17). The second kappa shape index (κ2) is 7.44. The van der Waals surface area contributed by atoms with Crippen molar-refractivity contribution in [3.8, 4) is 5.75 Å². The van der Waals surface area contributed by atoms with Gasteiger partial charge in [0, 0.05) is 6.54 Å². The summed E-state index contributed by atoms with van der Waals surface area (Å²) in [6.07, 6.45) is 0. The molecule has 0 atom stereocenters. The van der Waals surface area contributed by atoms with E-state index in [4.69, 9.17) is 9.84 Å². The number of nitro benzene ring substituents is 1. The van der Waals surface area contributed by atoms with Crippen LogP contribution >= 0.6 is 0 Å². The number of carboxylic acid groups (broad SMARTS) is 1. The molecule has 7 heteroatoms. The molecule has 0 amide bonds. The molecule has 1 aromatic carbocycles. The highest BCUT2D eigenvalue weighted by Crippen LogP contribution is 2.30. The number of ether oxygens (including phenoxy) is 1. The van der Waals surface area contributed by atoms with E-state index < -0.39 is 16.6 Å². The summed E-state index contributed by atoms with van der Waals surface area (Å²) in [4.78, 5) is 23.4. The fourth-order valence-corrected chi connectivity index (χ4v) is 1.82. The van der Waals surface area contributed by atoms with E-state index >= 15 is 0 Å². The Labute approximate surface area is 116 Å². The fraction of sp³-hybridized carbons (Fsp3) is 0.462. The van der Waals surface area contributed by atoms with Gasteiger partial charge in [-0.3, -0.25) is 10.1 Å². The topological polar surface area (TPSA) is 92.9 Å². The third kappa shape index (κ3) is 3.92. The maximum Gasteiger partial charge on any atom is 0.342 e. The Morgan fingerprint density at radius 2 is 2.05 bits per heavy atom. The minimum atomic E-state index is -1.34. The lowest BCUT2D eigenvalue weighted by Gasteiger charge is -2.18. The third-order valence-electron chi connectivity index (χ3n) is 2.97. The van der Waals surface area contributed by atoms with E-state index in [0.717, 1.165) is 13.1 Å². The van der Waals surface area contributed by atoms with Crippen molar-refractivity contribution in [2.75, 3.05) is 26.2 Å². The molecular formula is C13H18N2O5. The van der Waals surface area contributed by atoms with Crippen LogP contribution in [0.5, 0.6) is 5.75 Å². The molecule has 1 N–H and O–H groups in total. The predicted octanol–water partition coefficient (Wildman–Crippen LogP) is 2.01. The Morgan fingerprint density at radius 3 is 2.55 bits per heavy atom. The quantitative estimate of drug-likeness (QED) is 0.579. The first-order valence-corrected chi connectivity index (χ1v) is 6.37. The number of rotatable bonds is 8. The first-order valence-electron chi connectivity index (χ1n) is 6.37. The Morgan fingerprint density at radius 1 is 1.40 bits per heavy atom. The van der Waals surface area contributed by atoms with E-state index in [-0.39, 0.29) is 17.9 Å². The van der Waals surface area contributed by atoms with E-state index in [1.165, 1.54) is 18.2 Å². The van der Waals surface area contributed by atoms with Crippen molar-refractivity contribution in [1.29, 1.82) is 0 Å². The van der Waals surface area contributed by atoms with Crippen LogP contribution in [0.4, 0.5) is 5.69 Å². The highest BCUT2D eigenvalue weighted by molar-refractivity contribution is 5.93. The minimum absolute atomic E-state index is 0.0120. The lowest BCUT2D eigenvalue weighted by molar-refractivity contribution is -0.386. The van der Waals surface area contributed by atoms with Crippen LogP contribution in [0.2, 0.25) is 0 Å². The zero-order valence-electron chi connectivity index (χ0n) is 11.5. The van der Waals surface area contributed by atoms with Gasteiger partial charge in [-0.05, 0) is 25.2 Å². The van der Waals surface area contributed by atoms with Crippen molar-refractivity contribution in [3.63, 3.8) is 0 Å². The SMILES string of the molecule is CCN(CC)CCOc1cccc(C(=O)O)c1[N+](=O)[O-]. The van der Waals surface area contributed by atoms with E-state index in [2.05, 4.69) is 4.90 Å². The van der Waals surface area contributed by atoms with Gasteiger partial charge in [0.15, 0.2) is 5.75 Å². The minimum Gasteiger partial charge on any atom is -0.485 e. The largest absolute Gasteiger partial charge is 0.485 e. The summed E-state index contributed by atoms with van der Waals surface area (Å²) in [6, 6.07) is 4.04. The Balaban J connectivity index is 2.87. The molecule has 1 rings (SSSR count). The smallest absolute Gasteiger partial charge is 0.342 e. The second-order valence-electron chi connectivity index (χ2n) is 4.09. The molecule has 110 valence electrons. The molecule has 0 saturated heterocycles. The second-order valence-corrected chi connectivity index (χ2v) is 4.09. The predicted molar refractivity (Wildman–Crippen MR) is 73.3 cm³/mol. The number of carbonyl (C=O) groups is 1. The number of hydrogen-bond donors (Lipinski definition) is 1. The van der Waals surface area contributed by atoms with Crippen LogP contribution in [0.1, 0.15) is 24.2 Å². The highest BCUT2D eigenvalue weighted by Gasteiger charge is 2.25. The molecule has 0 fully saturated rings. The van der Waals surface area contributed by atoms with E-state index in [0.29, 0.717) is 6.54 Å². The number of nitro groups is 1. The van der Waals surface area contributed by atoms with Gasteiger partial charge in [0.1, 0.15) is 12.2 Å². The molecule has 0 spiro atoms. The van der Waals surface area contributed by atoms with Crippen LogP contribution in [-0.2, 0) is 0 Å². The Bertz CT molecular complexity index is 486. The summed E-state index contributed by atoms with van der Waals surface area (Å²) >= 11 is 0. The van der Waals surface area contributed by atoms with Crippen LogP contribution in [-0.4, -0.2) is 47.1 Å². The Kier molecular flexibility index (Phi) is 5.92. The Hall–Kier alpha value is -2.15. The third-order valence-corrected chi connectivity index (χ3v) is 2.97. The van der Waals surface area contributed by atoms with Gasteiger partial charge < -0.3 is 14.7 Å². The molecule has 0 unspecified atom stereocenters. The van der Waals surface area contributed by atoms with Crippen LogP contribution in [0.3, 0.4) is 0 Å². The van der Waals surface area contributed by atoms with Crippen molar-refractivity contribution in [2.45, 2.75) is 13.8 Å². The van der Waals surface area contributed by atoms with E-state index in [1.807, 2.05) is 13.8 Å². The number of carboxylic acids is 1. The maximum atomic E-state index is 11.0. The van der Waals surface area contributed by atoms with Gasteiger partial charge in [-0.1, -0.05) is 19.9 Å².